The molecule has 4 rings (SSSR count). The number of pyridine rings is 1. The minimum absolute atomic E-state index is 0.00136. The first-order valence-corrected chi connectivity index (χ1v) is 8.61. The third-order valence-electron chi connectivity index (χ3n) is 4.27. The molecule has 28 heavy (non-hydrogen) atoms. The van der Waals surface area contributed by atoms with E-state index in [1.54, 1.807) is 54.7 Å². The number of hydrogen-bond donors (Lipinski definition) is 2. The molecule has 0 bridgehead atoms. The Morgan fingerprint density at radius 2 is 1.75 bits per heavy atom. The van der Waals surface area contributed by atoms with E-state index in [4.69, 9.17) is 9.47 Å². The second kappa shape index (κ2) is 7.40. The number of carboxylic acids is 1. The van der Waals surface area contributed by atoms with Crippen molar-refractivity contribution in [3.8, 4) is 22.8 Å². The SMILES string of the molecule is O=C(Nc1cc(-c2cnc3c(c2)OCCO3)ccc1C(=O)O)c1ccccc1. The number of benzene rings is 2. The van der Waals surface area contributed by atoms with Crippen molar-refractivity contribution in [1.82, 2.24) is 4.98 Å². The van der Waals surface area contributed by atoms with Crippen molar-refractivity contribution in [1.29, 1.82) is 0 Å². The highest BCUT2D eigenvalue weighted by atomic mass is 16.6. The predicted molar refractivity (Wildman–Crippen MR) is 102 cm³/mol. The Hall–Kier alpha value is -3.87. The first-order valence-electron chi connectivity index (χ1n) is 8.61. The van der Waals surface area contributed by atoms with Gasteiger partial charge in [0.1, 0.15) is 13.2 Å². The summed E-state index contributed by atoms with van der Waals surface area (Å²) in [6.07, 6.45) is 1.62. The number of carbonyl (C=O) groups is 2. The van der Waals surface area contributed by atoms with E-state index in [1.165, 1.54) is 6.07 Å². The van der Waals surface area contributed by atoms with Gasteiger partial charge >= 0.3 is 5.97 Å². The molecule has 0 saturated heterocycles. The number of amides is 1. The van der Waals surface area contributed by atoms with E-state index in [-0.39, 0.29) is 17.2 Å². The van der Waals surface area contributed by atoms with Crippen molar-refractivity contribution >= 4 is 17.6 Å². The lowest BCUT2D eigenvalue weighted by atomic mass is 10.0. The van der Waals surface area contributed by atoms with Gasteiger partial charge in [-0.3, -0.25) is 4.79 Å². The van der Waals surface area contributed by atoms with Crippen molar-refractivity contribution in [2.24, 2.45) is 0 Å². The molecule has 0 unspecified atom stereocenters. The average molecular weight is 376 g/mol. The van der Waals surface area contributed by atoms with E-state index in [0.717, 1.165) is 5.56 Å². The quantitative estimate of drug-likeness (QED) is 0.724. The van der Waals surface area contributed by atoms with E-state index in [1.807, 2.05) is 0 Å². The summed E-state index contributed by atoms with van der Waals surface area (Å²) in [5, 5.41) is 12.2. The first-order chi connectivity index (χ1) is 13.6. The molecule has 1 aliphatic rings. The zero-order valence-corrected chi connectivity index (χ0v) is 14.7. The number of anilines is 1. The summed E-state index contributed by atoms with van der Waals surface area (Å²) in [5.74, 6) is -0.563. The van der Waals surface area contributed by atoms with Gasteiger partial charge in [-0.05, 0) is 35.9 Å². The second-order valence-electron chi connectivity index (χ2n) is 6.11. The molecule has 2 N–H and O–H groups in total. The van der Waals surface area contributed by atoms with Crippen LogP contribution in [0.15, 0.2) is 60.8 Å². The molecular weight excluding hydrogens is 360 g/mol. The predicted octanol–water partition coefficient (Wildman–Crippen LogP) is 3.47. The van der Waals surface area contributed by atoms with E-state index in [2.05, 4.69) is 10.3 Å². The van der Waals surface area contributed by atoms with Crippen molar-refractivity contribution in [2.75, 3.05) is 18.5 Å². The molecule has 0 fully saturated rings. The summed E-state index contributed by atoms with van der Waals surface area (Å²) < 4.78 is 11.0. The fourth-order valence-corrected chi connectivity index (χ4v) is 2.89. The zero-order chi connectivity index (χ0) is 19.5. The molecule has 0 atom stereocenters. The largest absolute Gasteiger partial charge is 0.484 e. The van der Waals surface area contributed by atoms with Gasteiger partial charge in [0.15, 0.2) is 5.75 Å². The van der Waals surface area contributed by atoms with Gasteiger partial charge in [-0.15, -0.1) is 0 Å². The van der Waals surface area contributed by atoms with Gasteiger partial charge in [0.2, 0.25) is 0 Å². The number of aromatic carboxylic acids is 1. The van der Waals surface area contributed by atoms with Gasteiger partial charge in [0.25, 0.3) is 11.8 Å². The van der Waals surface area contributed by atoms with E-state index < -0.39 is 5.97 Å². The summed E-state index contributed by atoms with van der Waals surface area (Å²) in [6.45, 7) is 0.886. The molecule has 0 saturated carbocycles. The Bertz CT molecular complexity index is 1050. The molecule has 1 aromatic heterocycles. The summed E-state index contributed by atoms with van der Waals surface area (Å²) in [6, 6.07) is 15.1. The maximum Gasteiger partial charge on any atom is 0.337 e. The van der Waals surface area contributed by atoms with Gasteiger partial charge in [0, 0.05) is 17.3 Å². The maximum absolute atomic E-state index is 12.5. The lowest BCUT2D eigenvalue weighted by molar-refractivity contribution is 0.0698. The number of nitrogens with one attached hydrogen (secondary N) is 1. The van der Waals surface area contributed by atoms with Gasteiger partial charge in [-0.25, -0.2) is 9.78 Å². The summed E-state index contributed by atoms with van der Waals surface area (Å²) >= 11 is 0. The number of hydrogen-bond acceptors (Lipinski definition) is 5. The van der Waals surface area contributed by atoms with E-state index in [9.17, 15) is 14.7 Å². The van der Waals surface area contributed by atoms with Crippen LogP contribution in [-0.2, 0) is 0 Å². The van der Waals surface area contributed by atoms with Crippen molar-refractivity contribution < 1.29 is 24.2 Å². The molecule has 1 amide bonds. The van der Waals surface area contributed by atoms with Crippen LogP contribution in [0.1, 0.15) is 20.7 Å². The van der Waals surface area contributed by atoms with Gasteiger partial charge in [-0.2, -0.15) is 0 Å². The number of rotatable bonds is 4. The van der Waals surface area contributed by atoms with Crippen molar-refractivity contribution in [2.45, 2.75) is 0 Å². The number of carboxylic acid groups (broad SMARTS) is 1. The lowest BCUT2D eigenvalue weighted by Gasteiger charge is -2.18. The van der Waals surface area contributed by atoms with Gasteiger partial charge in [-0.1, -0.05) is 24.3 Å². The number of carbonyl (C=O) groups excluding carboxylic acids is 1. The smallest absolute Gasteiger partial charge is 0.337 e. The molecule has 140 valence electrons. The maximum atomic E-state index is 12.5. The van der Waals surface area contributed by atoms with Crippen LogP contribution in [0, 0.1) is 0 Å². The van der Waals surface area contributed by atoms with Crippen LogP contribution < -0.4 is 14.8 Å². The molecule has 7 heteroatoms. The van der Waals surface area contributed by atoms with E-state index in [0.29, 0.717) is 36.0 Å². The second-order valence-corrected chi connectivity index (χ2v) is 6.11. The first kappa shape index (κ1) is 17.5. The highest BCUT2D eigenvalue weighted by molar-refractivity contribution is 6.08. The number of fused-ring (bicyclic) bond motifs is 1. The number of ether oxygens (including phenoxy) is 2. The Balaban J connectivity index is 1.69. The number of nitrogens with zero attached hydrogens (tertiary/aromatic N) is 1. The lowest BCUT2D eigenvalue weighted by Crippen LogP contribution is -2.16. The molecule has 3 aromatic rings. The van der Waals surface area contributed by atoms with E-state index >= 15 is 0 Å². The van der Waals surface area contributed by atoms with Gasteiger partial charge < -0.3 is 19.9 Å². The minimum Gasteiger partial charge on any atom is -0.484 e. The van der Waals surface area contributed by atoms with Gasteiger partial charge in [0.05, 0.1) is 11.3 Å². The van der Waals surface area contributed by atoms with Crippen LogP contribution in [0.2, 0.25) is 0 Å². The molecular formula is C21H16N2O5. The van der Waals surface area contributed by atoms with Crippen LogP contribution in [0.3, 0.4) is 0 Å². The highest BCUT2D eigenvalue weighted by Gasteiger charge is 2.17. The Labute approximate surface area is 160 Å². The van der Waals surface area contributed by atoms with Crippen molar-refractivity contribution in [3.05, 3.63) is 71.9 Å². The monoisotopic (exact) mass is 376 g/mol. The Kier molecular flexibility index (Phi) is 4.63. The molecule has 2 heterocycles. The third kappa shape index (κ3) is 3.50. The van der Waals surface area contributed by atoms with Crippen LogP contribution in [0.4, 0.5) is 5.69 Å². The molecule has 7 nitrogen and oxygen atoms in total. The minimum atomic E-state index is -1.13. The fraction of sp³-hybridized carbons (Fsp3) is 0.0952. The Morgan fingerprint density at radius 1 is 0.964 bits per heavy atom. The Morgan fingerprint density at radius 3 is 2.54 bits per heavy atom. The fourth-order valence-electron chi connectivity index (χ4n) is 2.89. The highest BCUT2D eigenvalue weighted by Crippen LogP contribution is 2.33. The number of aromatic nitrogens is 1. The third-order valence-corrected chi connectivity index (χ3v) is 4.27. The normalized spacial score (nSPS) is 12.3. The molecule has 0 aliphatic carbocycles. The van der Waals surface area contributed by atoms with Crippen molar-refractivity contribution in [3.63, 3.8) is 0 Å². The topological polar surface area (TPSA) is 97.8 Å². The zero-order valence-electron chi connectivity index (χ0n) is 14.7. The van der Waals surface area contributed by atoms with Crippen LogP contribution in [0.25, 0.3) is 11.1 Å². The standard InChI is InChI=1S/C21H16N2O5/c24-19(13-4-2-1-3-5-13)23-17-10-14(6-7-16(17)21(25)26)15-11-18-20(22-12-15)28-9-8-27-18/h1-7,10-12H,8-9H2,(H,23,24)(H,25,26). The summed E-state index contributed by atoms with van der Waals surface area (Å²) in [4.78, 5) is 28.3. The molecule has 1 aliphatic heterocycles. The molecule has 0 radical (unpaired) electrons. The van der Waals surface area contributed by atoms with Crippen LogP contribution in [0.5, 0.6) is 11.6 Å². The summed E-state index contributed by atoms with van der Waals surface area (Å²) in [7, 11) is 0. The molecule has 2 aromatic carbocycles. The molecule has 0 spiro atoms. The summed E-state index contributed by atoms with van der Waals surface area (Å²) in [5.41, 5.74) is 2.05. The van der Waals surface area contributed by atoms with Crippen LogP contribution in [-0.4, -0.2) is 35.2 Å². The average Bonchev–Trinajstić information content (AvgIpc) is 2.73. The van der Waals surface area contributed by atoms with Crippen LogP contribution >= 0.6 is 0 Å².